The molecular weight excluding hydrogens is 272 g/mol. The first-order chi connectivity index (χ1) is 8.64. The molecule has 0 saturated heterocycles. The second-order valence-corrected chi connectivity index (χ2v) is 7.03. The van der Waals surface area contributed by atoms with E-state index in [1.54, 1.807) is 20.8 Å². The minimum absolute atomic E-state index is 0.0102. The molecule has 3 nitrogen and oxygen atoms in total. The number of nitrogens with one attached hydrogen (secondary N) is 1. The van der Waals surface area contributed by atoms with Crippen molar-refractivity contribution in [3.8, 4) is 0 Å². The molecule has 0 radical (unpaired) electrons. The van der Waals surface area contributed by atoms with Gasteiger partial charge in [0.05, 0.1) is 0 Å². The summed E-state index contributed by atoms with van der Waals surface area (Å²) in [6, 6.07) is -0.0350. The molecular formula is C13H23F2NO2S. The van der Waals surface area contributed by atoms with Crippen molar-refractivity contribution in [2.45, 2.75) is 58.1 Å². The number of carbonyl (C=O) groups excluding carboxylic acids is 1. The van der Waals surface area contributed by atoms with Gasteiger partial charge in [0.2, 0.25) is 0 Å². The maximum atomic E-state index is 12.7. The average molecular weight is 295 g/mol. The monoisotopic (exact) mass is 295 g/mol. The van der Waals surface area contributed by atoms with E-state index in [2.05, 4.69) is 5.32 Å². The third kappa shape index (κ3) is 6.45. The van der Waals surface area contributed by atoms with Crippen LogP contribution in [0.2, 0.25) is 0 Å². The van der Waals surface area contributed by atoms with Gasteiger partial charge in [-0.1, -0.05) is 6.92 Å². The molecule has 6 heteroatoms. The summed E-state index contributed by atoms with van der Waals surface area (Å²) < 4.78 is 30.6. The van der Waals surface area contributed by atoms with Crippen LogP contribution in [-0.2, 0) is 4.74 Å². The van der Waals surface area contributed by atoms with Gasteiger partial charge in [-0.2, -0.15) is 11.8 Å². The lowest BCUT2D eigenvalue weighted by Gasteiger charge is -2.23. The van der Waals surface area contributed by atoms with Crippen LogP contribution in [0.5, 0.6) is 0 Å². The smallest absolute Gasteiger partial charge is 0.407 e. The van der Waals surface area contributed by atoms with Gasteiger partial charge in [0.1, 0.15) is 5.60 Å². The number of carbonyl (C=O) groups is 1. The van der Waals surface area contributed by atoms with Crippen molar-refractivity contribution < 1.29 is 18.3 Å². The number of rotatable bonds is 6. The molecule has 1 fully saturated rings. The number of ether oxygens (including phenoxy) is 1. The van der Waals surface area contributed by atoms with Gasteiger partial charge >= 0.3 is 6.09 Å². The molecule has 0 aliphatic heterocycles. The fourth-order valence-electron chi connectivity index (χ4n) is 1.54. The second-order valence-electron chi connectivity index (χ2n) is 5.95. The van der Waals surface area contributed by atoms with Crippen LogP contribution in [0.4, 0.5) is 13.6 Å². The molecule has 0 aromatic heterocycles. The number of alkyl halides is 2. The largest absolute Gasteiger partial charge is 0.444 e. The van der Waals surface area contributed by atoms with Crippen LogP contribution in [0.15, 0.2) is 0 Å². The van der Waals surface area contributed by atoms with Crippen molar-refractivity contribution in [1.29, 1.82) is 0 Å². The maximum Gasteiger partial charge on any atom is 0.407 e. The minimum atomic E-state index is -2.45. The molecule has 0 bridgehead atoms. The van der Waals surface area contributed by atoms with E-state index in [1.165, 1.54) is 11.8 Å². The van der Waals surface area contributed by atoms with Crippen LogP contribution in [-0.4, -0.2) is 35.2 Å². The Morgan fingerprint density at radius 1 is 1.53 bits per heavy atom. The molecule has 112 valence electrons. The van der Waals surface area contributed by atoms with E-state index in [0.717, 1.165) is 6.42 Å². The average Bonchev–Trinajstić information content (AvgIpc) is 2.82. The van der Waals surface area contributed by atoms with Crippen LogP contribution in [0.3, 0.4) is 0 Å². The molecule has 1 N–H and O–H groups in total. The molecule has 1 aliphatic carbocycles. The minimum Gasteiger partial charge on any atom is -0.444 e. The van der Waals surface area contributed by atoms with Crippen LogP contribution >= 0.6 is 11.8 Å². The summed E-state index contributed by atoms with van der Waals surface area (Å²) in [5, 5.41) is 2.77. The predicted molar refractivity (Wildman–Crippen MR) is 73.8 cm³/mol. The van der Waals surface area contributed by atoms with Crippen molar-refractivity contribution in [2.24, 2.45) is 5.92 Å². The number of thioether (sulfide) groups is 1. The summed E-state index contributed by atoms with van der Waals surface area (Å²) in [6.45, 7) is 7.36. The predicted octanol–water partition coefficient (Wildman–Crippen LogP) is 3.68. The summed E-state index contributed by atoms with van der Waals surface area (Å²) in [7, 11) is 0. The molecule has 1 aliphatic rings. The van der Waals surface area contributed by atoms with Crippen molar-refractivity contribution in [2.75, 3.05) is 11.5 Å². The van der Waals surface area contributed by atoms with Crippen molar-refractivity contribution in [3.63, 3.8) is 0 Å². The van der Waals surface area contributed by atoms with Gasteiger partial charge in [-0.15, -0.1) is 0 Å². The number of amides is 1. The summed E-state index contributed by atoms with van der Waals surface area (Å²) in [5.74, 6) is -1.83. The lowest BCUT2D eigenvalue weighted by atomic mass is 10.2. The summed E-state index contributed by atoms with van der Waals surface area (Å²) in [4.78, 5) is 11.6. The first kappa shape index (κ1) is 16.5. The molecule has 1 amide bonds. The molecule has 2 atom stereocenters. The number of alkyl carbamates (subject to hydrolysis) is 1. The Morgan fingerprint density at radius 3 is 2.53 bits per heavy atom. The standard InChI is InChI=1S/C13H23F2NO2S/c1-5-10(16-11(17)18-12(2,3)4)8-19-7-9-6-13(9,14)15/h9-10H,5-8H2,1-4H3,(H,16,17)/t9?,10-/m1/s1. The second kappa shape index (κ2) is 6.29. The quantitative estimate of drug-likeness (QED) is 0.812. The molecule has 0 spiro atoms. The molecule has 0 aromatic carbocycles. The van der Waals surface area contributed by atoms with Gasteiger partial charge in [0, 0.05) is 29.9 Å². The van der Waals surface area contributed by atoms with Crippen molar-refractivity contribution in [1.82, 2.24) is 5.32 Å². The highest BCUT2D eigenvalue weighted by Crippen LogP contribution is 2.50. The Bertz CT molecular complexity index is 318. The maximum absolute atomic E-state index is 12.7. The van der Waals surface area contributed by atoms with Crippen molar-refractivity contribution in [3.05, 3.63) is 0 Å². The van der Waals surface area contributed by atoms with Crippen LogP contribution in [0.1, 0.15) is 40.5 Å². The lowest BCUT2D eigenvalue weighted by molar-refractivity contribution is 0.0508. The fourth-order valence-corrected chi connectivity index (χ4v) is 2.92. The Kier molecular flexibility index (Phi) is 5.47. The van der Waals surface area contributed by atoms with Gasteiger partial charge in [-0.3, -0.25) is 0 Å². The summed E-state index contributed by atoms with van der Waals surface area (Å²) in [6.07, 6.45) is 0.320. The van der Waals surface area contributed by atoms with E-state index in [4.69, 9.17) is 4.74 Å². The van der Waals surface area contributed by atoms with Gasteiger partial charge in [0.15, 0.2) is 0 Å². The molecule has 1 rings (SSSR count). The summed E-state index contributed by atoms with van der Waals surface area (Å²) >= 11 is 1.47. The summed E-state index contributed by atoms with van der Waals surface area (Å²) in [5.41, 5.74) is -0.522. The first-order valence-electron chi connectivity index (χ1n) is 6.59. The highest BCUT2D eigenvalue weighted by molar-refractivity contribution is 7.99. The molecule has 1 unspecified atom stereocenters. The number of hydrogen-bond donors (Lipinski definition) is 1. The third-order valence-electron chi connectivity index (χ3n) is 2.81. The van der Waals surface area contributed by atoms with E-state index in [1.807, 2.05) is 6.92 Å². The zero-order valence-corrected chi connectivity index (χ0v) is 12.8. The van der Waals surface area contributed by atoms with Gasteiger partial charge in [-0.25, -0.2) is 13.6 Å². The SMILES string of the molecule is CC[C@H](CSCC1CC1(F)F)NC(=O)OC(C)(C)C. The van der Waals surface area contributed by atoms with Crippen LogP contribution in [0.25, 0.3) is 0 Å². The number of halogens is 2. The zero-order chi connectivity index (χ0) is 14.7. The zero-order valence-electron chi connectivity index (χ0n) is 12.0. The van der Waals surface area contributed by atoms with Crippen LogP contribution in [0, 0.1) is 5.92 Å². The van der Waals surface area contributed by atoms with Gasteiger partial charge < -0.3 is 10.1 Å². The van der Waals surface area contributed by atoms with E-state index < -0.39 is 23.5 Å². The Labute approximate surface area is 117 Å². The third-order valence-corrected chi connectivity index (χ3v) is 4.08. The molecule has 19 heavy (non-hydrogen) atoms. The van der Waals surface area contributed by atoms with Crippen molar-refractivity contribution >= 4 is 17.9 Å². The highest BCUT2D eigenvalue weighted by Gasteiger charge is 2.56. The van der Waals surface area contributed by atoms with Gasteiger partial charge in [0.25, 0.3) is 5.92 Å². The molecule has 0 aromatic rings. The van der Waals surface area contributed by atoms with Gasteiger partial charge in [-0.05, 0) is 27.2 Å². The molecule has 1 saturated carbocycles. The lowest BCUT2D eigenvalue weighted by Crippen LogP contribution is -2.40. The fraction of sp³-hybridized carbons (Fsp3) is 0.923. The first-order valence-corrected chi connectivity index (χ1v) is 7.74. The highest BCUT2D eigenvalue weighted by atomic mass is 32.2. The van der Waals surface area contributed by atoms with Crippen LogP contribution < -0.4 is 5.32 Å². The van der Waals surface area contributed by atoms with E-state index in [9.17, 15) is 13.6 Å². The normalized spacial score (nSPS) is 22.7. The van der Waals surface area contributed by atoms with E-state index in [-0.39, 0.29) is 12.5 Å². The molecule has 0 heterocycles. The Hall–Kier alpha value is -0.520. The topological polar surface area (TPSA) is 38.3 Å². The Balaban J connectivity index is 2.20. The Morgan fingerprint density at radius 2 is 2.11 bits per heavy atom. The number of hydrogen-bond acceptors (Lipinski definition) is 3. The van der Waals surface area contributed by atoms with E-state index in [0.29, 0.717) is 11.5 Å². The van der Waals surface area contributed by atoms with E-state index >= 15 is 0 Å².